The fraction of sp³-hybridized carbons (Fsp3) is 0.321. The van der Waals surface area contributed by atoms with Gasteiger partial charge < -0.3 is 14.8 Å². The van der Waals surface area contributed by atoms with E-state index in [1.165, 1.54) is 38.0 Å². The van der Waals surface area contributed by atoms with Crippen LogP contribution in [0.3, 0.4) is 0 Å². The lowest BCUT2D eigenvalue weighted by atomic mass is 9.96. The second kappa shape index (κ2) is 11.0. The third-order valence-corrected chi connectivity index (χ3v) is 8.05. The van der Waals surface area contributed by atoms with Crippen LogP contribution in [0.15, 0.2) is 59.5 Å². The Morgan fingerprint density at radius 1 is 0.861 bits per heavy atom. The molecular weight excluding hydrogens is 476 g/mol. The zero-order valence-corrected chi connectivity index (χ0v) is 22.7. The minimum atomic E-state index is -4.10. The molecule has 1 atom stereocenters. The number of sulfonamides is 1. The molecule has 0 heterocycles. The first-order valence-electron chi connectivity index (χ1n) is 11.7. The highest BCUT2D eigenvalue weighted by Gasteiger charge is 2.29. The third-order valence-electron chi connectivity index (χ3n) is 6.28. The van der Waals surface area contributed by atoms with Crippen molar-refractivity contribution in [1.29, 1.82) is 0 Å². The van der Waals surface area contributed by atoms with Gasteiger partial charge >= 0.3 is 0 Å². The molecule has 7 nitrogen and oxygen atoms in total. The summed E-state index contributed by atoms with van der Waals surface area (Å²) in [5.74, 6) is 0.282. The normalized spacial score (nSPS) is 12.1. The van der Waals surface area contributed by atoms with Gasteiger partial charge in [-0.1, -0.05) is 29.8 Å². The largest absolute Gasteiger partial charge is 0.493 e. The lowest BCUT2D eigenvalue weighted by Gasteiger charge is -2.26. The minimum absolute atomic E-state index is 0.00780. The van der Waals surface area contributed by atoms with Crippen LogP contribution in [0.1, 0.15) is 40.8 Å². The Balaban J connectivity index is 1.95. The molecule has 0 spiro atoms. The van der Waals surface area contributed by atoms with Gasteiger partial charge in [0.15, 0.2) is 11.5 Å². The van der Waals surface area contributed by atoms with Crippen molar-refractivity contribution in [3.63, 3.8) is 0 Å². The van der Waals surface area contributed by atoms with Gasteiger partial charge in [-0.2, -0.15) is 0 Å². The molecule has 0 aromatic heterocycles. The zero-order chi connectivity index (χ0) is 26.6. The van der Waals surface area contributed by atoms with Crippen molar-refractivity contribution >= 4 is 21.6 Å². The van der Waals surface area contributed by atoms with Crippen molar-refractivity contribution < 1.29 is 22.7 Å². The van der Waals surface area contributed by atoms with Gasteiger partial charge in [0.2, 0.25) is 5.91 Å². The van der Waals surface area contributed by atoms with Crippen molar-refractivity contribution in [2.45, 2.75) is 45.6 Å². The summed E-state index contributed by atoms with van der Waals surface area (Å²) in [4.78, 5) is 13.2. The number of anilines is 1. The van der Waals surface area contributed by atoms with E-state index in [-0.39, 0.29) is 23.2 Å². The molecule has 3 rings (SSSR count). The first-order valence-corrected chi connectivity index (χ1v) is 13.1. The number of carbonyl (C=O) groups is 1. The van der Waals surface area contributed by atoms with E-state index >= 15 is 0 Å². The molecule has 36 heavy (non-hydrogen) atoms. The lowest BCUT2D eigenvalue weighted by molar-refractivity contribution is -0.120. The second-order valence-electron chi connectivity index (χ2n) is 8.95. The Morgan fingerprint density at radius 3 is 2.08 bits per heavy atom. The number of aryl methyl sites for hydroxylation is 4. The molecule has 0 aliphatic heterocycles. The van der Waals surface area contributed by atoms with Crippen LogP contribution in [0.25, 0.3) is 0 Å². The average molecular weight is 511 g/mol. The maximum absolute atomic E-state index is 13.8. The van der Waals surface area contributed by atoms with Crippen LogP contribution in [0, 0.1) is 27.7 Å². The van der Waals surface area contributed by atoms with Crippen LogP contribution in [0.5, 0.6) is 11.5 Å². The summed E-state index contributed by atoms with van der Waals surface area (Å²) >= 11 is 0. The van der Waals surface area contributed by atoms with E-state index in [9.17, 15) is 13.2 Å². The number of ether oxygens (including phenoxy) is 2. The van der Waals surface area contributed by atoms with Gasteiger partial charge in [0.05, 0.1) is 30.8 Å². The van der Waals surface area contributed by atoms with Crippen molar-refractivity contribution in [3.05, 3.63) is 82.4 Å². The highest BCUT2D eigenvalue weighted by atomic mass is 32.2. The number of hydrogen-bond acceptors (Lipinski definition) is 5. The van der Waals surface area contributed by atoms with Crippen molar-refractivity contribution in [1.82, 2.24) is 5.32 Å². The third kappa shape index (κ3) is 5.82. The first-order chi connectivity index (χ1) is 17.0. The SMILES string of the molecule is COc1ccc(S(=O)(=O)N(CC(=O)NC(C)c2cc(C)c(C)cc2C)c2ccc(C)cc2)cc1OC. The molecule has 1 unspecified atom stereocenters. The summed E-state index contributed by atoms with van der Waals surface area (Å²) in [5.41, 5.74) is 5.75. The number of benzene rings is 3. The Bertz CT molecular complexity index is 1350. The second-order valence-corrected chi connectivity index (χ2v) is 10.8. The summed E-state index contributed by atoms with van der Waals surface area (Å²) < 4.78 is 39.2. The zero-order valence-electron chi connectivity index (χ0n) is 21.9. The molecule has 1 N–H and O–H groups in total. The van der Waals surface area contributed by atoms with Gasteiger partial charge in [0.1, 0.15) is 6.54 Å². The molecule has 8 heteroatoms. The molecule has 0 radical (unpaired) electrons. The van der Waals surface area contributed by atoms with E-state index in [1.54, 1.807) is 12.1 Å². The van der Waals surface area contributed by atoms with Crippen LogP contribution >= 0.6 is 0 Å². The van der Waals surface area contributed by atoms with Gasteiger partial charge in [-0.3, -0.25) is 9.10 Å². The van der Waals surface area contributed by atoms with Gasteiger partial charge in [-0.25, -0.2) is 8.42 Å². The molecular formula is C28H34N2O5S. The van der Waals surface area contributed by atoms with E-state index in [4.69, 9.17) is 9.47 Å². The molecule has 0 bridgehead atoms. The number of carbonyl (C=O) groups excluding carboxylic acids is 1. The molecule has 0 aliphatic rings. The maximum atomic E-state index is 13.8. The van der Waals surface area contributed by atoms with Crippen molar-refractivity contribution in [2.75, 3.05) is 25.1 Å². The minimum Gasteiger partial charge on any atom is -0.493 e. The Hall–Kier alpha value is -3.52. The Kier molecular flexibility index (Phi) is 8.30. The predicted molar refractivity (Wildman–Crippen MR) is 142 cm³/mol. The summed E-state index contributed by atoms with van der Waals surface area (Å²) in [6.45, 7) is 9.51. The summed E-state index contributed by atoms with van der Waals surface area (Å²) in [6, 6.07) is 15.2. The lowest BCUT2D eigenvalue weighted by Crippen LogP contribution is -2.41. The highest BCUT2D eigenvalue weighted by Crippen LogP contribution is 2.32. The molecule has 192 valence electrons. The molecule has 0 fully saturated rings. The van der Waals surface area contributed by atoms with E-state index in [2.05, 4.69) is 17.4 Å². The highest BCUT2D eigenvalue weighted by molar-refractivity contribution is 7.92. The number of nitrogens with one attached hydrogen (secondary N) is 1. The molecule has 3 aromatic carbocycles. The Labute approximate surface area is 214 Å². The van der Waals surface area contributed by atoms with Crippen molar-refractivity contribution in [3.8, 4) is 11.5 Å². The van der Waals surface area contributed by atoms with Crippen LogP contribution in [0.2, 0.25) is 0 Å². The van der Waals surface area contributed by atoms with Crippen LogP contribution in [0.4, 0.5) is 5.69 Å². The smallest absolute Gasteiger partial charge is 0.264 e. The van der Waals surface area contributed by atoms with E-state index in [0.29, 0.717) is 11.4 Å². The molecule has 0 aliphatic carbocycles. The van der Waals surface area contributed by atoms with Gasteiger partial charge in [-0.15, -0.1) is 0 Å². The predicted octanol–water partition coefficient (Wildman–Crippen LogP) is 5.01. The van der Waals surface area contributed by atoms with Gasteiger partial charge in [0, 0.05) is 6.07 Å². The number of rotatable bonds is 9. The number of hydrogen-bond donors (Lipinski definition) is 1. The molecule has 1 amide bonds. The van der Waals surface area contributed by atoms with E-state index < -0.39 is 15.9 Å². The van der Waals surface area contributed by atoms with E-state index in [0.717, 1.165) is 26.6 Å². The van der Waals surface area contributed by atoms with Crippen molar-refractivity contribution in [2.24, 2.45) is 0 Å². The topological polar surface area (TPSA) is 84.9 Å². The quantitative estimate of drug-likeness (QED) is 0.437. The standard InChI is InChI=1S/C28H34N2O5S/c1-18-8-10-23(11-9-18)30(36(32,33)24-12-13-26(34-6)27(16-24)35-7)17-28(31)29-22(5)25-15-20(3)19(2)14-21(25)4/h8-16,22H,17H2,1-7H3,(H,29,31). The molecule has 0 saturated carbocycles. The first kappa shape index (κ1) is 27.1. The summed E-state index contributed by atoms with van der Waals surface area (Å²) in [5, 5.41) is 2.97. The average Bonchev–Trinajstić information content (AvgIpc) is 2.84. The number of nitrogens with zero attached hydrogens (tertiary/aromatic N) is 1. The summed E-state index contributed by atoms with van der Waals surface area (Å²) in [6.07, 6.45) is 0. The van der Waals surface area contributed by atoms with Crippen LogP contribution < -0.4 is 19.1 Å². The molecule has 3 aromatic rings. The monoisotopic (exact) mass is 510 g/mol. The van der Waals surface area contributed by atoms with Gasteiger partial charge in [0.25, 0.3) is 10.0 Å². The van der Waals surface area contributed by atoms with Crippen LogP contribution in [-0.2, 0) is 14.8 Å². The van der Waals surface area contributed by atoms with Gasteiger partial charge in [-0.05, 0) is 81.1 Å². The Morgan fingerprint density at radius 2 is 1.47 bits per heavy atom. The van der Waals surface area contributed by atoms with Crippen LogP contribution in [-0.4, -0.2) is 35.1 Å². The number of methoxy groups -OCH3 is 2. The van der Waals surface area contributed by atoms with E-state index in [1.807, 2.05) is 46.8 Å². The maximum Gasteiger partial charge on any atom is 0.264 e. The molecule has 0 saturated heterocycles. The fourth-order valence-electron chi connectivity index (χ4n) is 4.07. The summed E-state index contributed by atoms with van der Waals surface area (Å²) in [7, 11) is -1.18. The number of amides is 1. The fourth-order valence-corrected chi connectivity index (χ4v) is 5.51.